The maximum Gasteiger partial charge on any atom is 0.220 e. The predicted octanol–water partition coefficient (Wildman–Crippen LogP) is 2.07. The lowest BCUT2D eigenvalue weighted by atomic mass is 9.99. The Balaban J connectivity index is 1.53. The molecular formula is C14H26N2O. The Morgan fingerprint density at radius 1 is 1.12 bits per heavy atom. The first-order valence-corrected chi connectivity index (χ1v) is 7.32. The summed E-state index contributed by atoms with van der Waals surface area (Å²) in [5.74, 6) is 1.75. The fraction of sp³-hybridized carbons (Fsp3) is 0.929. The molecule has 98 valence electrons. The van der Waals surface area contributed by atoms with Crippen molar-refractivity contribution in [3.63, 3.8) is 0 Å². The number of carbonyl (C=O) groups excluding carboxylic acids is 1. The van der Waals surface area contributed by atoms with Crippen molar-refractivity contribution >= 4 is 5.91 Å². The molecule has 0 aromatic carbocycles. The SMILES string of the molecule is O=C(CCC1CCCC1)NCC1CCCNC1. The molecule has 1 aliphatic carbocycles. The van der Waals surface area contributed by atoms with E-state index < -0.39 is 0 Å². The van der Waals surface area contributed by atoms with Gasteiger partial charge in [0.25, 0.3) is 0 Å². The van der Waals surface area contributed by atoms with Gasteiger partial charge in [-0.25, -0.2) is 0 Å². The summed E-state index contributed by atoms with van der Waals surface area (Å²) in [6.07, 6.45) is 9.80. The van der Waals surface area contributed by atoms with Gasteiger partial charge in [-0.3, -0.25) is 4.79 Å². The fourth-order valence-electron chi connectivity index (χ4n) is 3.08. The smallest absolute Gasteiger partial charge is 0.220 e. The van der Waals surface area contributed by atoms with Gasteiger partial charge in [-0.2, -0.15) is 0 Å². The van der Waals surface area contributed by atoms with E-state index in [9.17, 15) is 4.79 Å². The summed E-state index contributed by atoms with van der Waals surface area (Å²) in [4.78, 5) is 11.7. The van der Waals surface area contributed by atoms with Gasteiger partial charge in [0.2, 0.25) is 5.91 Å². The average molecular weight is 238 g/mol. The van der Waals surface area contributed by atoms with Crippen LogP contribution in [0.15, 0.2) is 0 Å². The lowest BCUT2D eigenvalue weighted by Gasteiger charge is -2.23. The standard InChI is InChI=1S/C14H26N2O/c17-14(8-7-12-4-1-2-5-12)16-11-13-6-3-9-15-10-13/h12-13,15H,1-11H2,(H,16,17). The number of nitrogens with one attached hydrogen (secondary N) is 2. The van der Waals surface area contributed by atoms with Crippen LogP contribution in [-0.4, -0.2) is 25.5 Å². The van der Waals surface area contributed by atoms with Crippen molar-refractivity contribution in [2.45, 2.75) is 51.4 Å². The summed E-state index contributed by atoms with van der Waals surface area (Å²) in [5, 5.41) is 6.48. The van der Waals surface area contributed by atoms with Crippen molar-refractivity contribution in [1.29, 1.82) is 0 Å². The molecule has 0 spiro atoms. The van der Waals surface area contributed by atoms with Gasteiger partial charge in [-0.05, 0) is 44.2 Å². The third-order valence-electron chi connectivity index (χ3n) is 4.24. The predicted molar refractivity (Wildman–Crippen MR) is 69.8 cm³/mol. The molecule has 2 aliphatic rings. The minimum atomic E-state index is 0.266. The van der Waals surface area contributed by atoms with Crippen molar-refractivity contribution in [2.24, 2.45) is 11.8 Å². The van der Waals surface area contributed by atoms with Crippen LogP contribution in [0.2, 0.25) is 0 Å². The van der Waals surface area contributed by atoms with E-state index in [1.807, 2.05) is 0 Å². The monoisotopic (exact) mass is 238 g/mol. The van der Waals surface area contributed by atoms with Gasteiger partial charge >= 0.3 is 0 Å². The van der Waals surface area contributed by atoms with Crippen molar-refractivity contribution in [3.05, 3.63) is 0 Å². The van der Waals surface area contributed by atoms with Crippen LogP contribution in [0, 0.1) is 11.8 Å². The van der Waals surface area contributed by atoms with E-state index >= 15 is 0 Å². The van der Waals surface area contributed by atoms with E-state index in [0.29, 0.717) is 5.92 Å². The first kappa shape index (κ1) is 12.9. The molecule has 2 rings (SSSR count). The highest BCUT2D eigenvalue weighted by atomic mass is 16.1. The summed E-state index contributed by atoms with van der Waals surface area (Å²) in [6.45, 7) is 3.09. The van der Waals surface area contributed by atoms with Gasteiger partial charge < -0.3 is 10.6 Å². The summed E-state index contributed by atoms with van der Waals surface area (Å²) in [6, 6.07) is 0. The van der Waals surface area contributed by atoms with Crippen LogP contribution >= 0.6 is 0 Å². The van der Waals surface area contributed by atoms with E-state index in [4.69, 9.17) is 0 Å². The molecule has 1 heterocycles. The lowest BCUT2D eigenvalue weighted by Crippen LogP contribution is -2.38. The minimum absolute atomic E-state index is 0.266. The van der Waals surface area contributed by atoms with Crippen LogP contribution in [0.5, 0.6) is 0 Å². The zero-order valence-corrected chi connectivity index (χ0v) is 10.8. The molecule has 3 heteroatoms. The molecule has 2 N–H and O–H groups in total. The summed E-state index contributed by atoms with van der Waals surface area (Å²) >= 11 is 0. The number of hydrogen-bond acceptors (Lipinski definition) is 2. The van der Waals surface area contributed by atoms with Crippen LogP contribution < -0.4 is 10.6 Å². The van der Waals surface area contributed by atoms with E-state index in [-0.39, 0.29) is 5.91 Å². The highest BCUT2D eigenvalue weighted by Crippen LogP contribution is 2.28. The Morgan fingerprint density at radius 2 is 1.88 bits per heavy atom. The third kappa shape index (κ3) is 4.66. The molecule has 1 saturated heterocycles. The second-order valence-corrected chi connectivity index (χ2v) is 5.71. The number of carbonyl (C=O) groups is 1. The molecule has 1 atom stereocenters. The van der Waals surface area contributed by atoms with Crippen molar-refractivity contribution in [2.75, 3.05) is 19.6 Å². The third-order valence-corrected chi connectivity index (χ3v) is 4.24. The van der Waals surface area contributed by atoms with Crippen LogP contribution in [-0.2, 0) is 4.79 Å². The van der Waals surface area contributed by atoms with Gasteiger partial charge in [0.15, 0.2) is 0 Å². The van der Waals surface area contributed by atoms with E-state index in [1.165, 1.54) is 38.5 Å². The number of rotatable bonds is 5. The molecule has 17 heavy (non-hydrogen) atoms. The Labute approximate surface area is 105 Å². The first-order chi connectivity index (χ1) is 8.34. The zero-order valence-electron chi connectivity index (χ0n) is 10.8. The van der Waals surface area contributed by atoms with Crippen molar-refractivity contribution < 1.29 is 4.79 Å². The maximum atomic E-state index is 11.7. The zero-order chi connectivity index (χ0) is 11.9. The molecule has 2 fully saturated rings. The molecule has 1 aliphatic heterocycles. The maximum absolute atomic E-state index is 11.7. The lowest BCUT2D eigenvalue weighted by molar-refractivity contribution is -0.121. The van der Waals surface area contributed by atoms with Gasteiger partial charge in [-0.1, -0.05) is 25.7 Å². The largest absolute Gasteiger partial charge is 0.356 e. The van der Waals surface area contributed by atoms with E-state index in [1.54, 1.807) is 0 Å². The Bertz CT molecular complexity index is 230. The molecule has 1 amide bonds. The Hall–Kier alpha value is -0.570. The molecule has 1 saturated carbocycles. The van der Waals surface area contributed by atoms with Crippen LogP contribution in [0.1, 0.15) is 51.4 Å². The van der Waals surface area contributed by atoms with Crippen LogP contribution in [0.4, 0.5) is 0 Å². The number of amides is 1. The highest BCUT2D eigenvalue weighted by molar-refractivity contribution is 5.75. The summed E-state index contributed by atoms with van der Waals surface area (Å²) in [5.41, 5.74) is 0. The van der Waals surface area contributed by atoms with E-state index in [2.05, 4.69) is 10.6 Å². The highest BCUT2D eigenvalue weighted by Gasteiger charge is 2.17. The first-order valence-electron chi connectivity index (χ1n) is 7.32. The van der Waals surface area contributed by atoms with Crippen molar-refractivity contribution in [1.82, 2.24) is 10.6 Å². The van der Waals surface area contributed by atoms with E-state index in [0.717, 1.165) is 38.4 Å². The average Bonchev–Trinajstić information content (AvgIpc) is 2.88. The molecule has 0 aromatic rings. The van der Waals surface area contributed by atoms with Crippen molar-refractivity contribution in [3.8, 4) is 0 Å². The summed E-state index contributed by atoms with van der Waals surface area (Å²) in [7, 11) is 0. The second kappa shape index (κ2) is 7.00. The topological polar surface area (TPSA) is 41.1 Å². The molecule has 0 radical (unpaired) electrons. The van der Waals surface area contributed by atoms with Crippen LogP contribution in [0.25, 0.3) is 0 Å². The quantitative estimate of drug-likeness (QED) is 0.770. The normalized spacial score (nSPS) is 26.0. The minimum Gasteiger partial charge on any atom is -0.356 e. The summed E-state index contributed by atoms with van der Waals surface area (Å²) < 4.78 is 0. The van der Waals surface area contributed by atoms with Gasteiger partial charge in [-0.15, -0.1) is 0 Å². The van der Waals surface area contributed by atoms with Gasteiger partial charge in [0.1, 0.15) is 0 Å². The number of hydrogen-bond donors (Lipinski definition) is 2. The number of piperidine rings is 1. The fourth-order valence-corrected chi connectivity index (χ4v) is 3.08. The Kier molecular flexibility index (Phi) is 5.30. The molecule has 0 aromatic heterocycles. The second-order valence-electron chi connectivity index (χ2n) is 5.71. The molecule has 3 nitrogen and oxygen atoms in total. The van der Waals surface area contributed by atoms with Gasteiger partial charge in [0, 0.05) is 13.0 Å². The molecule has 1 unspecified atom stereocenters. The Morgan fingerprint density at radius 3 is 2.59 bits per heavy atom. The van der Waals surface area contributed by atoms with Crippen LogP contribution in [0.3, 0.4) is 0 Å². The van der Waals surface area contributed by atoms with Gasteiger partial charge in [0.05, 0.1) is 0 Å². The molecular weight excluding hydrogens is 212 g/mol. The molecule has 0 bridgehead atoms.